The van der Waals surface area contributed by atoms with Crippen LogP contribution in [0, 0.1) is 0 Å². The fourth-order valence-corrected chi connectivity index (χ4v) is 5.14. The fraction of sp³-hybridized carbons (Fsp3) is 0.150. The lowest BCUT2D eigenvalue weighted by atomic mass is 10.1. The zero-order valence-electron chi connectivity index (χ0n) is 15.5. The highest BCUT2D eigenvalue weighted by molar-refractivity contribution is 7.91. The first-order valence-corrected chi connectivity index (χ1v) is 11.4. The molecule has 0 aliphatic rings. The minimum Gasteiger partial charge on any atom is -0.495 e. The number of ether oxygens (including phenoxy) is 1. The summed E-state index contributed by atoms with van der Waals surface area (Å²) in [6.45, 7) is 0. The Morgan fingerprint density at radius 3 is 2.52 bits per heavy atom. The Morgan fingerprint density at radius 2 is 1.90 bits per heavy atom. The molecule has 2 aromatic carbocycles. The van der Waals surface area contributed by atoms with Crippen molar-refractivity contribution in [3.05, 3.63) is 76.6 Å². The molecule has 3 rings (SSSR count). The van der Waals surface area contributed by atoms with Gasteiger partial charge < -0.3 is 10.1 Å². The van der Waals surface area contributed by atoms with Crippen molar-refractivity contribution in [2.24, 2.45) is 0 Å². The van der Waals surface area contributed by atoms with Gasteiger partial charge in [-0.15, -0.1) is 11.3 Å². The molecule has 2 N–H and O–H groups in total. The van der Waals surface area contributed by atoms with E-state index in [1.807, 2.05) is 30.3 Å². The van der Waals surface area contributed by atoms with Gasteiger partial charge in [-0.25, -0.2) is 8.42 Å². The van der Waals surface area contributed by atoms with E-state index in [2.05, 4.69) is 10.0 Å². The third kappa shape index (κ3) is 5.57. The van der Waals surface area contributed by atoms with Gasteiger partial charge in [-0.3, -0.25) is 4.79 Å². The van der Waals surface area contributed by atoms with Crippen molar-refractivity contribution in [3.63, 3.8) is 0 Å². The zero-order chi connectivity index (χ0) is 20.9. The first-order chi connectivity index (χ1) is 13.9. The van der Waals surface area contributed by atoms with Crippen molar-refractivity contribution in [3.8, 4) is 5.75 Å². The summed E-state index contributed by atoms with van der Waals surface area (Å²) in [6.07, 6.45) is 0.196. The average Bonchev–Trinajstić information content (AvgIpc) is 3.24. The molecule has 0 aliphatic heterocycles. The summed E-state index contributed by atoms with van der Waals surface area (Å²) in [5, 5.41) is 4.72. The Kier molecular flexibility index (Phi) is 6.92. The molecule has 0 radical (unpaired) electrons. The van der Waals surface area contributed by atoms with E-state index in [4.69, 9.17) is 16.3 Å². The quantitative estimate of drug-likeness (QED) is 0.544. The molecule has 3 aromatic rings. The monoisotopic (exact) mass is 450 g/mol. The maximum atomic E-state index is 12.9. The number of halogens is 1. The van der Waals surface area contributed by atoms with Crippen molar-refractivity contribution in [1.29, 1.82) is 0 Å². The molecule has 6 nitrogen and oxygen atoms in total. The molecule has 1 unspecified atom stereocenters. The normalized spacial score (nSPS) is 12.3. The maximum absolute atomic E-state index is 12.9. The summed E-state index contributed by atoms with van der Waals surface area (Å²) in [4.78, 5) is 12.9. The summed E-state index contributed by atoms with van der Waals surface area (Å²) in [5.74, 6) is -0.0147. The van der Waals surface area contributed by atoms with Crippen LogP contribution in [0.4, 0.5) is 5.69 Å². The molecule has 9 heteroatoms. The molecule has 152 valence electrons. The molecule has 29 heavy (non-hydrogen) atoms. The van der Waals surface area contributed by atoms with Crippen molar-refractivity contribution in [2.45, 2.75) is 16.7 Å². The Hall–Kier alpha value is -2.39. The molecular formula is C20H19ClN2O4S2. The van der Waals surface area contributed by atoms with E-state index >= 15 is 0 Å². The van der Waals surface area contributed by atoms with Crippen LogP contribution in [-0.2, 0) is 21.2 Å². The van der Waals surface area contributed by atoms with E-state index < -0.39 is 22.0 Å². The van der Waals surface area contributed by atoms with Crippen LogP contribution in [0.3, 0.4) is 0 Å². The number of thiophene rings is 1. The third-order valence-corrected chi connectivity index (χ3v) is 7.24. The molecule has 1 aromatic heterocycles. The number of amides is 1. The zero-order valence-corrected chi connectivity index (χ0v) is 17.9. The first kappa shape index (κ1) is 21.3. The third-order valence-electron chi connectivity index (χ3n) is 4.08. The lowest BCUT2D eigenvalue weighted by Gasteiger charge is -2.18. The second kappa shape index (κ2) is 9.41. The predicted molar refractivity (Wildman–Crippen MR) is 115 cm³/mol. The average molecular weight is 451 g/mol. The number of nitrogens with one attached hydrogen (secondary N) is 2. The van der Waals surface area contributed by atoms with Crippen LogP contribution in [-0.4, -0.2) is 27.5 Å². The molecule has 0 bridgehead atoms. The minimum absolute atomic E-state index is 0.149. The second-order valence-corrected chi connectivity index (χ2v) is 9.43. The van der Waals surface area contributed by atoms with Gasteiger partial charge in [0.2, 0.25) is 5.91 Å². The van der Waals surface area contributed by atoms with Gasteiger partial charge in [0, 0.05) is 5.69 Å². The highest BCUT2D eigenvalue weighted by Crippen LogP contribution is 2.27. The number of carbonyl (C=O) groups excluding carboxylic acids is 1. The van der Waals surface area contributed by atoms with Crippen LogP contribution in [0.1, 0.15) is 5.56 Å². The number of hydrogen-bond donors (Lipinski definition) is 2. The van der Waals surface area contributed by atoms with Gasteiger partial charge >= 0.3 is 0 Å². The smallest absolute Gasteiger partial charge is 0.250 e. The molecule has 0 fully saturated rings. The van der Waals surface area contributed by atoms with Crippen molar-refractivity contribution in [1.82, 2.24) is 4.72 Å². The number of rotatable bonds is 8. The minimum atomic E-state index is -3.83. The molecule has 0 aliphatic carbocycles. The van der Waals surface area contributed by atoms with Gasteiger partial charge in [-0.05, 0) is 41.6 Å². The fourth-order valence-electron chi connectivity index (χ4n) is 2.67. The molecule has 0 spiro atoms. The summed E-state index contributed by atoms with van der Waals surface area (Å²) in [6, 6.07) is 16.1. The van der Waals surface area contributed by atoms with Gasteiger partial charge in [0.15, 0.2) is 0 Å². The molecule has 1 atom stereocenters. The Balaban J connectivity index is 1.83. The van der Waals surface area contributed by atoms with Gasteiger partial charge in [-0.2, -0.15) is 4.72 Å². The van der Waals surface area contributed by atoms with E-state index in [1.165, 1.54) is 13.2 Å². The highest BCUT2D eigenvalue weighted by atomic mass is 35.5. The Morgan fingerprint density at radius 1 is 1.14 bits per heavy atom. The molecular weight excluding hydrogens is 432 g/mol. The maximum Gasteiger partial charge on any atom is 0.250 e. The van der Waals surface area contributed by atoms with Crippen LogP contribution in [0.2, 0.25) is 5.02 Å². The van der Waals surface area contributed by atoms with Gasteiger partial charge in [0.1, 0.15) is 16.0 Å². The number of methoxy groups -OCH3 is 1. The summed E-state index contributed by atoms with van der Waals surface area (Å²) in [7, 11) is -2.34. The molecule has 0 saturated heterocycles. The second-order valence-electron chi connectivity index (χ2n) is 6.13. The topological polar surface area (TPSA) is 84.5 Å². The molecule has 1 heterocycles. The van der Waals surface area contributed by atoms with Crippen LogP contribution in [0.5, 0.6) is 5.75 Å². The van der Waals surface area contributed by atoms with E-state index in [1.54, 1.807) is 29.6 Å². The van der Waals surface area contributed by atoms with Crippen LogP contribution >= 0.6 is 22.9 Å². The summed E-state index contributed by atoms with van der Waals surface area (Å²) >= 11 is 7.20. The predicted octanol–water partition coefficient (Wildman–Crippen LogP) is 3.94. The van der Waals surface area contributed by atoms with E-state index in [-0.39, 0.29) is 10.6 Å². The van der Waals surface area contributed by atoms with Gasteiger partial charge in [-0.1, -0.05) is 48.0 Å². The SMILES string of the molecule is COc1ccc(NC(=O)C(Cc2ccccc2)NS(=O)(=O)c2cccs2)cc1Cl. The summed E-state index contributed by atoms with van der Waals surface area (Å²) < 4.78 is 33.1. The lowest BCUT2D eigenvalue weighted by Crippen LogP contribution is -2.45. The highest BCUT2D eigenvalue weighted by Gasteiger charge is 2.27. The van der Waals surface area contributed by atoms with Crippen molar-refractivity contribution < 1.29 is 17.9 Å². The number of anilines is 1. The van der Waals surface area contributed by atoms with Crippen molar-refractivity contribution >= 4 is 44.6 Å². The lowest BCUT2D eigenvalue weighted by molar-refractivity contribution is -0.117. The van der Waals surface area contributed by atoms with Crippen LogP contribution in [0.15, 0.2) is 70.3 Å². The van der Waals surface area contributed by atoms with Crippen LogP contribution < -0.4 is 14.8 Å². The first-order valence-electron chi connectivity index (χ1n) is 8.63. The molecule has 0 saturated carbocycles. The van der Waals surface area contributed by atoms with E-state index in [0.29, 0.717) is 16.5 Å². The van der Waals surface area contributed by atoms with Crippen LogP contribution in [0.25, 0.3) is 0 Å². The van der Waals surface area contributed by atoms with Crippen molar-refractivity contribution in [2.75, 3.05) is 12.4 Å². The molecule has 1 amide bonds. The Labute approximate surface area is 178 Å². The largest absolute Gasteiger partial charge is 0.495 e. The van der Waals surface area contributed by atoms with Gasteiger partial charge in [0.25, 0.3) is 10.0 Å². The Bertz CT molecular complexity index is 1070. The number of hydrogen-bond acceptors (Lipinski definition) is 5. The standard InChI is InChI=1S/C20H19ClN2O4S2/c1-27-18-10-9-15(13-16(18)21)22-20(24)17(12-14-6-3-2-4-7-14)23-29(25,26)19-8-5-11-28-19/h2-11,13,17,23H,12H2,1H3,(H,22,24). The number of benzene rings is 2. The number of carbonyl (C=O) groups is 1. The van der Waals surface area contributed by atoms with E-state index in [0.717, 1.165) is 16.9 Å². The number of sulfonamides is 1. The van der Waals surface area contributed by atoms with E-state index in [9.17, 15) is 13.2 Å². The summed E-state index contributed by atoms with van der Waals surface area (Å²) in [5.41, 5.74) is 1.27. The van der Waals surface area contributed by atoms with Gasteiger partial charge in [0.05, 0.1) is 12.1 Å².